The van der Waals surface area contributed by atoms with Gasteiger partial charge in [-0.2, -0.15) is 0 Å². The smallest absolute Gasteiger partial charge is 0.303 e. The van der Waals surface area contributed by atoms with Gasteiger partial charge < -0.3 is 10.0 Å². The molecule has 1 amide bonds. The molecule has 0 radical (unpaired) electrons. The molecule has 0 spiro atoms. The summed E-state index contributed by atoms with van der Waals surface area (Å²) in [4.78, 5) is 24.4. The van der Waals surface area contributed by atoms with E-state index in [1.54, 1.807) is 0 Å². The highest BCUT2D eigenvalue weighted by Gasteiger charge is 2.42. The van der Waals surface area contributed by atoms with E-state index in [0.717, 1.165) is 25.7 Å². The Balaban J connectivity index is 2.13. The fourth-order valence-corrected chi connectivity index (χ4v) is 2.93. The van der Waals surface area contributed by atoms with Crippen molar-refractivity contribution >= 4 is 11.9 Å². The number of hydrogen-bond donors (Lipinski definition) is 1. The van der Waals surface area contributed by atoms with Crippen molar-refractivity contribution in [3.8, 4) is 0 Å². The predicted octanol–water partition coefficient (Wildman–Crippen LogP) is 1.50. The SMILES string of the molecule is CN1C(=O)CCC[C@H](CC(=O)O)[C@H]1C1CC1. The van der Waals surface area contributed by atoms with Gasteiger partial charge in [-0.05, 0) is 37.5 Å². The molecule has 0 aromatic rings. The molecule has 2 aliphatic rings. The van der Waals surface area contributed by atoms with Crippen LogP contribution in [0.5, 0.6) is 0 Å². The maximum Gasteiger partial charge on any atom is 0.303 e. The highest BCUT2D eigenvalue weighted by atomic mass is 16.4. The van der Waals surface area contributed by atoms with Gasteiger partial charge in [0.2, 0.25) is 5.91 Å². The quantitative estimate of drug-likeness (QED) is 0.791. The largest absolute Gasteiger partial charge is 0.481 e. The summed E-state index contributed by atoms with van der Waals surface area (Å²) in [7, 11) is 1.84. The summed E-state index contributed by atoms with van der Waals surface area (Å²) in [6, 6.07) is 0.172. The van der Waals surface area contributed by atoms with E-state index < -0.39 is 5.97 Å². The molecule has 90 valence electrons. The zero-order valence-electron chi connectivity index (χ0n) is 9.69. The number of hydrogen-bond acceptors (Lipinski definition) is 2. The van der Waals surface area contributed by atoms with E-state index in [2.05, 4.69) is 0 Å². The Bertz CT molecular complexity index is 299. The Morgan fingerprint density at radius 3 is 2.69 bits per heavy atom. The molecule has 0 aromatic carbocycles. The first kappa shape index (κ1) is 11.4. The molecular formula is C12H19NO3. The molecule has 0 aromatic heterocycles. The van der Waals surface area contributed by atoms with Crippen molar-refractivity contribution in [3.05, 3.63) is 0 Å². The standard InChI is InChI=1S/C12H19NO3/c1-13-10(14)4-2-3-9(7-11(15)16)12(13)8-5-6-8/h8-9,12H,2-7H2,1H3,(H,15,16)/t9-,12-/m1/s1. The summed E-state index contributed by atoms with van der Waals surface area (Å²) in [5, 5.41) is 8.93. The topological polar surface area (TPSA) is 57.6 Å². The van der Waals surface area contributed by atoms with Gasteiger partial charge in [0.05, 0.1) is 6.42 Å². The molecule has 1 N–H and O–H groups in total. The van der Waals surface area contributed by atoms with Crippen LogP contribution >= 0.6 is 0 Å². The lowest BCUT2D eigenvalue weighted by Crippen LogP contribution is -2.42. The van der Waals surface area contributed by atoms with Crippen molar-refractivity contribution in [1.82, 2.24) is 4.90 Å². The average Bonchev–Trinajstić information content (AvgIpc) is 2.99. The zero-order valence-corrected chi connectivity index (χ0v) is 9.69. The number of carboxylic acids is 1. The second kappa shape index (κ2) is 4.44. The Kier molecular flexibility index (Phi) is 3.17. The van der Waals surface area contributed by atoms with E-state index in [9.17, 15) is 9.59 Å². The van der Waals surface area contributed by atoms with E-state index in [-0.39, 0.29) is 24.3 Å². The number of nitrogens with zero attached hydrogens (tertiary/aromatic N) is 1. The minimum atomic E-state index is -0.738. The van der Waals surface area contributed by atoms with Crippen LogP contribution in [0.3, 0.4) is 0 Å². The zero-order chi connectivity index (χ0) is 11.7. The van der Waals surface area contributed by atoms with Crippen LogP contribution in [-0.4, -0.2) is 35.0 Å². The van der Waals surface area contributed by atoms with Gasteiger partial charge in [-0.25, -0.2) is 0 Å². The minimum Gasteiger partial charge on any atom is -0.481 e. The first-order valence-electron chi connectivity index (χ1n) is 6.07. The molecule has 0 unspecified atom stereocenters. The molecule has 2 atom stereocenters. The third-order valence-corrected chi connectivity index (χ3v) is 3.83. The van der Waals surface area contributed by atoms with Crippen molar-refractivity contribution in [2.24, 2.45) is 11.8 Å². The molecule has 16 heavy (non-hydrogen) atoms. The van der Waals surface area contributed by atoms with Crippen molar-refractivity contribution in [2.45, 2.75) is 44.6 Å². The van der Waals surface area contributed by atoms with Crippen LogP contribution in [0.4, 0.5) is 0 Å². The van der Waals surface area contributed by atoms with Gasteiger partial charge in [-0.15, -0.1) is 0 Å². The third-order valence-electron chi connectivity index (χ3n) is 3.83. The Morgan fingerprint density at radius 1 is 1.44 bits per heavy atom. The Labute approximate surface area is 95.6 Å². The van der Waals surface area contributed by atoms with Gasteiger partial charge in [-0.3, -0.25) is 9.59 Å². The molecule has 4 nitrogen and oxygen atoms in total. The van der Waals surface area contributed by atoms with E-state index in [1.165, 1.54) is 0 Å². The summed E-state index contributed by atoms with van der Waals surface area (Å²) in [5.41, 5.74) is 0. The minimum absolute atomic E-state index is 0.154. The number of carboxylic acid groups (broad SMARTS) is 1. The number of aliphatic carboxylic acids is 1. The van der Waals surface area contributed by atoms with Gasteiger partial charge in [0.1, 0.15) is 0 Å². The maximum absolute atomic E-state index is 11.8. The molecular weight excluding hydrogens is 206 g/mol. The molecule has 0 bridgehead atoms. The number of carbonyl (C=O) groups is 2. The Morgan fingerprint density at radius 2 is 2.12 bits per heavy atom. The summed E-state index contributed by atoms with van der Waals surface area (Å²) in [5.74, 6) is 0.154. The highest BCUT2D eigenvalue weighted by molar-refractivity contribution is 5.77. The van der Waals surface area contributed by atoms with Crippen molar-refractivity contribution < 1.29 is 14.7 Å². The second-order valence-corrected chi connectivity index (χ2v) is 5.08. The van der Waals surface area contributed by atoms with Crippen molar-refractivity contribution in [1.29, 1.82) is 0 Å². The fraction of sp³-hybridized carbons (Fsp3) is 0.833. The van der Waals surface area contributed by atoms with Gasteiger partial charge in [0.15, 0.2) is 0 Å². The monoisotopic (exact) mass is 225 g/mol. The summed E-state index contributed by atoms with van der Waals surface area (Å²) < 4.78 is 0. The predicted molar refractivity (Wildman–Crippen MR) is 58.9 cm³/mol. The van der Waals surface area contributed by atoms with E-state index in [1.807, 2.05) is 11.9 Å². The number of rotatable bonds is 3. The van der Waals surface area contributed by atoms with Crippen LogP contribution in [0.1, 0.15) is 38.5 Å². The first-order chi connectivity index (χ1) is 7.59. The van der Waals surface area contributed by atoms with E-state index >= 15 is 0 Å². The molecule has 2 fully saturated rings. The van der Waals surface area contributed by atoms with Crippen LogP contribution in [0.15, 0.2) is 0 Å². The first-order valence-corrected chi connectivity index (χ1v) is 6.07. The Hall–Kier alpha value is -1.06. The van der Waals surface area contributed by atoms with Gasteiger partial charge >= 0.3 is 5.97 Å². The molecule has 1 saturated heterocycles. The summed E-state index contributed by atoms with van der Waals surface area (Å²) in [6.07, 6.45) is 4.80. The number of carbonyl (C=O) groups excluding carboxylic acids is 1. The van der Waals surface area contributed by atoms with Gasteiger partial charge in [0, 0.05) is 19.5 Å². The fourth-order valence-electron chi connectivity index (χ4n) is 2.93. The molecule has 4 heteroatoms. The third kappa shape index (κ3) is 2.36. The normalized spacial score (nSPS) is 31.3. The lowest BCUT2D eigenvalue weighted by atomic mass is 9.88. The van der Waals surface area contributed by atoms with Gasteiger partial charge in [-0.1, -0.05) is 0 Å². The molecule has 1 aliphatic heterocycles. The van der Waals surface area contributed by atoms with Crippen molar-refractivity contribution in [2.75, 3.05) is 7.05 Å². The molecule has 1 saturated carbocycles. The number of amides is 1. The summed E-state index contributed by atoms with van der Waals surface area (Å²) in [6.45, 7) is 0. The van der Waals surface area contributed by atoms with Crippen LogP contribution in [-0.2, 0) is 9.59 Å². The molecule has 1 aliphatic carbocycles. The van der Waals surface area contributed by atoms with Crippen LogP contribution in [0, 0.1) is 11.8 Å². The van der Waals surface area contributed by atoms with E-state index in [0.29, 0.717) is 12.3 Å². The summed E-state index contributed by atoms with van der Waals surface area (Å²) >= 11 is 0. The van der Waals surface area contributed by atoms with Crippen LogP contribution in [0.25, 0.3) is 0 Å². The number of likely N-dealkylation sites (tertiary alicyclic amines) is 1. The molecule has 2 rings (SSSR count). The lowest BCUT2D eigenvalue weighted by molar-refractivity contribution is -0.140. The van der Waals surface area contributed by atoms with Crippen molar-refractivity contribution in [3.63, 3.8) is 0 Å². The molecule has 1 heterocycles. The van der Waals surface area contributed by atoms with Crippen LogP contribution < -0.4 is 0 Å². The van der Waals surface area contributed by atoms with Gasteiger partial charge in [0.25, 0.3) is 0 Å². The maximum atomic E-state index is 11.8. The van der Waals surface area contributed by atoms with E-state index in [4.69, 9.17) is 5.11 Å². The second-order valence-electron chi connectivity index (χ2n) is 5.08. The highest BCUT2D eigenvalue weighted by Crippen LogP contribution is 2.42. The average molecular weight is 225 g/mol. The van der Waals surface area contributed by atoms with Crippen LogP contribution in [0.2, 0.25) is 0 Å². The lowest BCUT2D eigenvalue weighted by Gasteiger charge is -2.32.